The van der Waals surface area contributed by atoms with Crippen LogP contribution in [0.5, 0.6) is 0 Å². The van der Waals surface area contributed by atoms with E-state index in [1.165, 1.54) is 17.7 Å². The molecule has 1 aliphatic heterocycles. The number of aliphatic hydroxyl groups is 2. The number of nitrogens with zero attached hydrogens (tertiary/aromatic N) is 5. The average molecular weight is 298 g/mol. The molecule has 2 rings (SSSR count). The molecule has 1 aromatic heterocycles. The van der Waals surface area contributed by atoms with Gasteiger partial charge in [0.2, 0.25) is 5.95 Å². The van der Waals surface area contributed by atoms with Gasteiger partial charge in [0, 0.05) is 17.2 Å². The lowest BCUT2D eigenvalue weighted by Crippen LogP contribution is -2.42. The van der Waals surface area contributed by atoms with Crippen LogP contribution in [0.4, 0.5) is 5.95 Å². The van der Waals surface area contributed by atoms with Gasteiger partial charge < -0.3 is 14.9 Å². The van der Waals surface area contributed by atoms with Crippen molar-refractivity contribution in [1.82, 2.24) is 9.55 Å². The zero-order valence-corrected chi connectivity index (χ0v) is 11.0. The maximum Gasteiger partial charge on any atom is 0.274 e. The van der Waals surface area contributed by atoms with Crippen LogP contribution in [0.25, 0.3) is 10.4 Å². The Kier molecular flexibility index (Phi) is 4.11. The summed E-state index contributed by atoms with van der Waals surface area (Å²) >= 11 is 0. The van der Waals surface area contributed by atoms with Gasteiger partial charge in [-0.25, -0.2) is 5.48 Å². The first-order chi connectivity index (χ1) is 9.96. The molecular formula is C10H14N6O5. The van der Waals surface area contributed by atoms with E-state index in [0.29, 0.717) is 0 Å². The van der Waals surface area contributed by atoms with Gasteiger partial charge in [-0.05, 0) is 12.5 Å². The molecule has 4 atom stereocenters. The molecular weight excluding hydrogens is 284 g/mol. The predicted octanol–water partition coefficient (Wildman–Crippen LogP) is -0.636. The third-order valence-corrected chi connectivity index (χ3v) is 3.34. The second-order valence-corrected chi connectivity index (χ2v) is 4.73. The van der Waals surface area contributed by atoms with Crippen molar-refractivity contribution in [3.63, 3.8) is 0 Å². The number of nitrogens with one attached hydrogen (secondary N) is 1. The minimum Gasteiger partial charge on any atom is -0.393 e. The van der Waals surface area contributed by atoms with E-state index in [1.807, 2.05) is 0 Å². The van der Waals surface area contributed by atoms with Crippen molar-refractivity contribution in [3.8, 4) is 0 Å². The number of ether oxygens (including phenoxy) is 1. The van der Waals surface area contributed by atoms with Crippen molar-refractivity contribution in [1.29, 1.82) is 0 Å². The number of azide groups is 1. The van der Waals surface area contributed by atoms with Gasteiger partial charge in [-0.1, -0.05) is 5.11 Å². The summed E-state index contributed by atoms with van der Waals surface area (Å²) in [7, 11) is 0. The standard InChI is InChI=1S/C10H14N6O5/c1-10(4-17)7(19)6(13-15-11)8(21-10)16-3-2-5(18)12-9(16)14-20/h2-3,6-8,17,19-20H,4H2,1H3,(H,12,14,18)/t6?,7-,8+,10+/m0/s1. The Morgan fingerprint density at radius 3 is 3.00 bits per heavy atom. The van der Waals surface area contributed by atoms with Crippen LogP contribution in [-0.4, -0.2) is 49.3 Å². The first kappa shape index (κ1) is 15.2. The monoisotopic (exact) mass is 298 g/mol. The largest absolute Gasteiger partial charge is 0.393 e. The summed E-state index contributed by atoms with van der Waals surface area (Å²) in [6.45, 7) is 0.928. The van der Waals surface area contributed by atoms with Crippen LogP contribution < -0.4 is 11.0 Å². The van der Waals surface area contributed by atoms with Gasteiger partial charge in [-0.2, -0.15) is 4.98 Å². The fraction of sp³-hybridized carbons (Fsp3) is 0.600. The Hall–Kier alpha value is -2.17. The maximum absolute atomic E-state index is 11.2. The molecule has 0 aliphatic carbocycles. The Balaban J connectivity index is 2.51. The lowest BCUT2D eigenvalue weighted by molar-refractivity contribution is -0.115. The van der Waals surface area contributed by atoms with Gasteiger partial charge in [0.05, 0.1) is 12.7 Å². The summed E-state index contributed by atoms with van der Waals surface area (Å²) in [6.07, 6.45) is -1.08. The molecule has 1 unspecified atom stereocenters. The van der Waals surface area contributed by atoms with Crippen LogP contribution in [0.2, 0.25) is 0 Å². The first-order valence-corrected chi connectivity index (χ1v) is 5.97. The van der Waals surface area contributed by atoms with Gasteiger partial charge in [0.25, 0.3) is 5.56 Å². The molecule has 2 heterocycles. The third kappa shape index (κ3) is 2.55. The highest BCUT2D eigenvalue weighted by molar-refractivity contribution is 5.23. The van der Waals surface area contributed by atoms with Crippen LogP contribution in [-0.2, 0) is 4.74 Å². The summed E-state index contributed by atoms with van der Waals surface area (Å²) in [4.78, 5) is 17.3. The van der Waals surface area contributed by atoms with Crippen LogP contribution in [0, 0.1) is 0 Å². The molecule has 0 bridgehead atoms. The highest BCUT2D eigenvalue weighted by Gasteiger charge is 2.52. The van der Waals surface area contributed by atoms with Crippen molar-refractivity contribution in [2.24, 2.45) is 5.11 Å². The number of anilines is 1. The van der Waals surface area contributed by atoms with Crippen LogP contribution in [0.15, 0.2) is 22.2 Å². The number of hydrogen-bond donors (Lipinski definition) is 4. The molecule has 11 nitrogen and oxygen atoms in total. The van der Waals surface area contributed by atoms with Gasteiger partial charge >= 0.3 is 0 Å². The van der Waals surface area contributed by atoms with E-state index in [4.69, 9.17) is 15.5 Å². The van der Waals surface area contributed by atoms with E-state index in [9.17, 15) is 15.0 Å². The molecule has 21 heavy (non-hydrogen) atoms. The number of aliphatic hydroxyl groups excluding tert-OH is 2. The molecule has 114 valence electrons. The molecule has 0 amide bonds. The molecule has 4 N–H and O–H groups in total. The van der Waals surface area contributed by atoms with Crippen molar-refractivity contribution in [2.75, 3.05) is 12.1 Å². The van der Waals surface area contributed by atoms with Crippen LogP contribution in [0.1, 0.15) is 13.2 Å². The SMILES string of the molecule is C[C@]1(CO)O[C@@H](n2ccc(=O)nc2NO)C(N=[N+]=[N-])[C@@H]1O. The van der Waals surface area contributed by atoms with Crippen LogP contribution >= 0.6 is 0 Å². The van der Waals surface area contributed by atoms with Gasteiger partial charge in [0.15, 0.2) is 0 Å². The molecule has 0 aromatic carbocycles. The van der Waals surface area contributed by atoms with E-state index >= 15 is 0 Å². The number of aromatic nitrogens is 2. The van der Waals surface area contributed by atoms with Crippen LogP contribution in [0.3, 0.4) is 0 Å². The lowest BCUT2D eigenvalue weighted by Gasteiger charge is -2.25. The summed E-state index contributed by atoms with van der Waals surface area (Å²) < 4.78 is 6.73. The summed E-state index contributed by atoms with van der Waals surface area (Å²) in [5, 5.41) is 32.0. The highest BCUT2D eigenvalue weighted by atomic mass is 16.6. The van der Waals surface area contributed by atoms with E-state index in [1.54, 1.807) is 5.48 Å². The van der Waals surface area contributed by atoms with E-state index < -0.39 is 36.1 Å². The minimum absolute atomic E-state index is 0.250. The summed E-state index contributed by atoms with van der Waals surface area (Å²) in [5.74, 6) is -0.250. The average Bonchev–Trinajstić information content (AvgIpc) is 2.73. The first-order valence-electron chi connectivity index (χ1n) is 5.97. The van der Waals surface area contributed by atoms with Crippen molar-refractivity contribution in [3.05, 3.63) is 33.1 Å². The molecule has 0 saturated carbocycles. The number of hydrogen-bond acceptors (Lipinski definition) is 8. The second-order valence-electron chi connectivity index (χ2n) is 4.73. The van der Waals surface area contributed by atoms with Crippen molar-refractivity contribution in [2.45, 2.75) is 30.9 Å². The predicted molar refractivity (Wildman–Crippen MR) is 68.5 cm³/mol. The minimum atomic E-state index is -1.36. The van der Waals surface area contributed by atoms with E-state index in [2.05, 4.69) is 15.0 Å². The van der Waals surface area contributed by atoms with E-state index in [-0.39, 0.29) is 5.95 Å². The smallest absolute Gasteiger partial charge is 0.274 e. The molecule has 1 fully saturated rings. The molecule has 11 heteroatoms. The molecule has 0 spiro atoms. The molecule has 1 aromatic rings. The zero-order chi connectivity index (χ0) is 15.6. The third-order valence-electron chi connectivity index (χ3n) is 3.34. The summed E-state index contributed by atoms with van der Waals surface area (Å²) in [6, 6.07) is 0.0294. The fourth-order valence-electron chi connectivity index (χ4n) is 2.17. The Morgan fingerprint density at radius 1 is 1.71 bits per heavy atom. The Labute approximate surface area is 118 Å². The molecule has 1 saturated heterocycles. The highest BCUT2D eigenvalue weighted by Crippen LogP contribution is 2.39. The topological polar surface area (TPSA) is 166 Å². The van der Waals surface area contributed by atoms with Gasteiger partial charge in [-0.15, -0.1) is 0 Å². The normalized spacial score (nSPS) is 31.7. The zero-order valence-electron chi connectivity index (χ0n) is 11.0. The van der Waals surface area contributed by atoms with Gasteiger partial charge in [0.1, 0.15) is 17.9 Å². The Morgan fingerprint density at radius 2 is 2.43 bits per heavy atom. The maximum atomic E-state index is 11.2. The Bertz CT molecular complexity index is 629. The molecule has 0 radical (unpaired) electrons. The van der Waals surface area contributed by atoms with E-state index in [0.717, 1.165) is 6.07 Å². The quantitative estimate of drug-likeness (QED) is 0.248. The fourth-order valence-corrected chi connectivity index (χ4v) is 2.17. The second kappa shape index (κ2) is 5.68. The summed E-state index contributed by atoms with van der Waals surface area (Å²) in [5.41, 5.74) is 8.37. The molecule has 1 aliphatic rings. The lowest BCUT2D eigenvalue weighted by atomic mass is 9.97. The van der Waals surface area contributed by atoms with Crippen molar-refractivity contribution < 1.29 is 20.2 Å². The van der Waals surface area contributed by atoms with Gasteiger partial charge in [-0.3, -0.25) is 14.6 Å². The van der Waals surface area contributed by atoms with Crippen molar-refractivity contribution >= 4 is 5.95 Å². The number of rotatable bonds is 4.